The molecule has 0 spiro atoms. The van der Waals surface area contributed by atoms with E-state index in [1.165, 1.54) is 0 Å². The number of anilines is 1. The van der Waals surface area contributed by atoms with Crippen LogP contribution in [0.4, 0.5) is 11.4 Å². The number of piperidine rings is 1. The number of halogens is 1. The minimum atomic E-state index is -0.962. The van der Waals surface area contributed by atoms with E-state index in [9.17, 15) is 24.0 Å². The fraction of sp³-hybridized carbons (Fsp3) is 0.442. The Morgan fingerprint density at radius 1 is 0.911 bits per heavy atom. The van der Waals surface area contributed by atoms with Crippen molar-refractivity contribution >= 4 is 52.5 Å². The van der Waals surface area contributed by atoms with Crippen molar-refractivity contribution in [1.29, 1.82) is 0 Å². The van der Waals surface area contributed by atoms with Crippen molar-refractivity contribution < 1.29 is 28.7 Å². The largest absolute Gasteiger partial charge is 0.489 e. The molecule has 3 aromatic carbocycles. The van der Waals surface area contributed by atoms with Crippen LogP contribution in [0.2, 0.25) is 5.02 Å². The molecular weight excluding hydrogens is 732 g/mol. The lowest BCUT2D eigenvalue weighted by atomic mass is 9.49. The lowest BCUT2D eigenvalue weighted by Crippen LogP contribution is -2.74. The second-order valence-electron chi connectivity index (χ2n) is 17.0. The summed E-state index contributed by atoms with van der Waals surface area (Å²) in [4.78, 5) is 73.4. The zero-order chi connectivity index (χ0) is 39.7. The minimum absolute atomic E-state index is 0.0962. The molecule has 12 nitrogen and oxygen atoms in total. The zero-order valence-electron chi connectivity index (χ0n) is 32.0. The summed E-state index contributed by atoms with van der Waals surface area (Å²) < 4.78 is 6.38. The number of piperazine rings is 1. The van der Waals surface area contributed by atoms with Gasteiger partial charge in [-0.2, -0.15) is 0 Å². The third-order valence-corrected chi connectivity index (χ3v) is 12.9. The molecule has 3 heterocycles. The van der Waals surface area contributed by atoms with Crippen molar-refractivity contribution in [3.05, 3.63) is 98.9 Å². The molecule has 0 radical (unpaired) electrons. The SMILES string of the molecule is [C-]#[N+]c1ccc(OC2C(C)(C)C(NC(=O)c3ccc(N4CCN(CC5Cc6cc7c(cc6C5)C(=O)N([C@H]5CCC(=O)NC5=O)C7=O)CC4)cc3)C2(C)C)cc1Cl. The summed E-state index contributed by atoms with van der Waals surface area (Å²) in [5, 5.41) is 5.88. The topological polar surface area (TPSA) is 133 Å². The highest BCUT2D eigenvalue weighted by atomic mass is 35.5. The van der Waals surface area contributed by atoms with Crippen LogP contribution in [0.1, 0.15) is 82.7 Å². The Labute approximate surface area is 331 Å². The van der Waals surface area contributed by atoms with E-state index >= 15 is 0 Å². The molecule has 3 aromatic rings. The molecule has 56 heavy (non-hydrogen) atoms. The first-order chi connectivity index (χ1) is 26.6. The van der Waals surface area contributed by atoms with Gasteiger partial charge >= 0.3 is 0 Å². The first-order valence-electron chi connectivity index (χ1n) is 19.2. The second-order valence-corrected chi connectivity index (χ2v) is 17.4. The fourth-order valence-electron chi connectivity index (χ4n) is 9.99. The van der Waals surface area contributed by atoms with E-state index in [2.05, 4.69) is 53.0 Å². The molecule has 3 aliphatic heterocycles. The number of benzene rings is 3. The predicted octanol–water partition coefficient (Wildman–Crippen LogP) is 5.44. The van der Waals surface area contributed by atoms with Crippen LogP contribution in [0.5, 0.6) is 5.75 Å². The van der Waals surface area contributed by atoms with Crippen molar-refractivity contribution in [2.24, 2.45) is 16.7 Å². The third-order valence-electron chi connectivity index (χ3n) is 12.6. The van der Waals surface area contributed by atoms with Gasteiger partial charge < -0.3 is 15.0 Å². The van der Waals surface area contributed by atoms with Crippen LogP contribution in [0.25, 0.3) is 4.85 Å². The van der Waals surface area contributed by atoms with E-state index in [0.29, 0.717) is 39.1 Å². The number of fused-ring (bicyclic) bond motifs is 2. The van der Waals surface area contributed by atoms with Gasteiger partial charge in [0.25, 0.3) is 17.7 Å². The summed E-state index contributed by atoms with van der Waals surface area (Å²) in [6, 6.07) is 15.5. The number of nitrogens with one attached hydrogen (secondary N) is 2. The monoisotopic (exact) mass is 776 g/mol. The molecule has 0 aromatic heterocycles. The number of hydrogen-bond acceptors (Lipinski definition) is 8. The number of rotatable bonds is 8. The molecule has 5 aliphatic rings. The molecule has 3 fully saturated rings. The number of amides is 5. The van der Waals surface area contributed by atoms with E-state index in [4.69, 9.17) is 22.9 Å². The fourth-order valence-corrected chi connectivity index (χ4v) is 10.2. The maximum Gasteiger partial charge on any atom is 0.262 e. The molecule has 5 amide bonds. The smallest absolute Gasteiger partial charge is 0.262 e. The van der Waals surface area contributed by atoms with E-state index in [1.54, 1.807) is 18.2 Å². The van der Waals surface area contributed by atoms with Gasteiger partial charge in [0.15, 0.2) is 0 Å². The van der Waals surface area contributed by atoms with Gasteiger partial charge in [-0.15, -0.1) is 0 Å². The Morgan fingerprint density at radius 2 is 1.54 bits per heavy atom. The molecule has 1 saturated carbocycles. The minimum Gasteiger partial charge on any atom is -0.489 e. The van der Waals surface area contributed by atoms with Crippen LogP contribution in [-0.4, -0.2) is 90.2 Å². The van der Waals surface area contributed by atoms with Crippen molar-refractivity contribution in [2.75, 3.05) is 37.6 Å². The molecule has 8 rings (SSSR count). The van der Waals surface area contributed by atoms with Crippen LogP contribution < -0.4 is 20.3 Å². The molecule has 1 atom stereocenters. The predicted molar refractivity (Wildman–Crippen MR) is 210 cm³/mol. The van der Waals surface area contributed by atoms with Crippen molar-refractivity contribution in [1.82, 2.24) is 20.4 Å². The van der Waals surface area contributed by atoms with Gasteiger partial charge in [0.1, 0.15) is 17.9 Å². The van der Waals surface area contributed by atoms with Crippen LogP contribution in [0.15, 0.2) is 54.6 Å². The molecule has 2 saturated heterocycles. The van der Waals surface area contributed by atoms with Crippen molar-refractivity contribution in [3.8, 4) is 5.75 Å². The van der Waals surface area contributed by atoms with Gasteiger partial charge in [0.05, 0.1) is 22.7 Å². The van der Waals surface area contributed by atoms with E-state index in [-0.39, 0.29) is 47.6 Å². The Balaban J connectivity index is 0.822. The number of imide groups is 2. The molecule has 0 bridgehead atoms. The lowest BCUT2D eigenvalue weighted by Gasteiger charge is -2.63. The van der Waals surface area contributed by atoms with Crippen LogP contribution in [-0.2, 0) is 22.4 Å². The summed E-state index contributed by atoms with van der Waals surface area (Å²) in [6.45, 7) is 20.0. The van der Waals surface area contributed by atoms with Crippen LogP contribution >= 0.6 is 11.6 Å². The van der Waals surface area contributed by atoms with Gasteiger partial charge in [-0.3, -0.25) is 39.1 Å². The molecule has 2 N–H and O–H groups in total. The quantitative estimate of drug-likeness (QED) is 0.229. The molecular formula is C43H45ClN6O6. The number of hydrogen-bond donors (Lipinski definition) is 2. The molecule has 290 valence electrons. The lowest BCUT2D eigenvalue weighted by molar-refractivity contribution is -0.164. The normalized spacial score (nSPS) is 24.2. The van der Waals surface area contributed by atoms with Gasteiger partial charge in [0.2, 0.25) is 17.5 Å². The average Bonchev–Trinajstić information content (AvgIpc) is 3.67. The van der Waals surface area contributed by atoms with Gasteiger partial charge in [0, 0.05) is 67.3 Å². The van der Waals surface area contributed by atoms with Crippen LogP contribution in [0.3, 0.4) is 0 Å². The highest BCUT2D eigenvalue weighted by Gasteiger charge is 2.64. The van der Waals surface area contributed by atoms with Gasteiger partial charge in [-0.1, -0.05) is 45.4 Å². The Kier molecular flexibility index (Phi) is 9.45. The number of nitrogens with zero attached hydrogens (tertiary/aromatic N) is 4. The summed E-state index contributed by atoms with van der Waals surface area (Å²) in [7, 11) is 0. The molecule has 0 unspecified atom stereocenters. The summed E-state index contributed by atoms with van der Waals surface area (Å²) in [6.07, 6.45) is 1.70. The van der Waals surface area contributed by atoms with Crippen molar-refractivity contribution in [2.45, 2.75) is 71.6 Å². The summed E-state index contributed by atoms with van der Waals surface area (Å²) in [5.74, 6) is -1.07. The average molecular weight is 777 g/mol. The Hall–Kier alpha value is -5.25. The number of carbonyl (C=O) groups excluding carboxylic acids is 5. The molecule has 13 heteroatoms. The van der Waals surface area contributed by atoms with Gasteiger partial charge in [-0.05, 0) is 84.8 Å². The highest BCUT2D eigenvalue weighted by molar-refractivity contribution is 6.33. The second kappa shape index (κ2) is 14.0. The van der Waals surface area contributed by atoms with Crippen LogP contribution in [0, 0.1) is 23.3 Å². The Bertz CT molecular complexity index is 2140. The highest BCUT2D eigenvalue weighted by Crippen LogP contribution is 2.55. The van der Waals surface area contributed by atoms with Crippen molar-refractivity contribution in [3.63, 3.8) is 0 Å². The number of ether oxygens (including phenoxy) is 1. The maximum absolute atomic E-state index is 13.5. The summed E-state index contributed by atoms with van der Waals surface area (Å²) >= 11 is 6.25. The maximum atomic E-state index is 13.5. The van der Waals surface area contributed by atoms with E-state index in [0.717, 1.165) is 67.3 Å². The van der Waals surface area contributed by atoms with E-state index < -0.39 is 23.8 Å². The first-order valence-corrected chi connectivity index (χ1v) is 19.6. The molecule has 2 aliphatic carbocycles. The number of carbonyl (C=O) groups is 5. The standard InChI is InChI=1S/C43H45ClN6O6/c1-42(2)40(43(3,4)41(42)56-29-10-11-33(45-5)32(44)22-29)47-36(52)25-6-8-28(9-7-25)49-16-14-48(15-17-49)23-24-18-26-20-30-31(21-27(26)19-24)39(55)50(38(30)54)34-12-13-35(51)46-37(34)53/h6-11,20-22,24,34,40-41H,12-19,23H2,1-4H3,(H,47,52)(H,46,51,53)/t34-,40?,41?/m0/s1. The first kappa shape index (κ1) is 37.7. The van der Waals surface area contributed by atoms with Gasteiger partial charge in [-0.25, -0.2) is 4.85 Å². The third kappa shape index (κ3) is 6.50. The zero-order valence-corrected chi connectivity index (χ0v) is 32.7. The summed E-state index contributed by atoms with van der Waals surface area (Å²) in [5.41, 5.74) is 4.19. The Morgan fingerprint density at radius 3 is 2.11 bits per heavy atom. The van der Waals surface area contributed by atoms with E-state index in [1.807, 2.05) is 36.4 Å².